The second-order valence-corrected chi connectivity index (χ2v) is 6.60. The van der Waals surface area contributed by atoms with E-state index in [0.717, 1.165) is 29.2 Å². The Morgan fingerprint density at radius 1 is 1.41 bits per heavy atom. The number of amides is 1. The van der Waals surface area contributed by atoms with Crippen molar-refractivity contribution in [1.29, 1.82) is 0 Å². The summed E-state index contributed by atoms with van der Waals surface area (Å²) in [6, 6.07) is 7.96. The molecule has 3 N–H and O–H groups in total. The van der Waals surface area contributed by atoms with Crippen molar-refractivity contribution in [2.75, 3.05) is 13.7 Å². The lowest BCUT2D eigenvalue weighted by Gasteiger charge is -2.32. The topological polar surface area (TPSA) is 77.2 Å². The Hall–Kier alpha value is -1.92. The second kappa shape index (κ2) is 6.46. The third-order valence-corrected chi connectivity index (χ3v) is 4.94. The lowest BCUT2D eigenvalue weighted by atomic mass is 9.81. The molecule has 0 bridgehead atoms. The van der Waals surface area contributed by atoms with Crippen molar-refractivity contribution < 1.29 is 9.53 Å². The Morgan fingerprint density at radius 2 is 2.14 bits per heavy atom. The van der Waals surface area contributed by atoms with E-state index in [-0.39, 0.29) is 5.91 Å². The van der Waals surface area contributed by atoms with E-state index in [1.165, 1.54) is 11.3 Å². The van der Waals surface area contributed by atoms with Crippen LogP contribution in [-0.2, 0) is 0 Å². The van der Waals surface area contributed by atoms with Crippen molar-refractivity contribution in [2.45, 2.75) is 18.9 Å². The molecular weight excluding hydrogens is 298 g/mol. The van der Waals surface area contributed by atoms with Gasteiger partial charge in [-0.3, -0.25) is 4.79 Å². The highest BCUT2D eigenvalue weighted by atomic mass is 32.1. The molecular formula is C16H19N3O2S. The zero-order valence-corrected chi connectivity index (χ0v) is 13.2. The summed E-state index contributed by atoms with van der Waals surface area (Å²) in [6.45, 7) is 0.697. The molecule has 22 heavy (non-hydrogen) atoms. The van der Waals surface area contributed by atoms with E-state index in [2.05, 4.69) is 10.3 Å². The van der Waals surface area contributed by atoms with E-state index >= 15 is 0 Å². The Morgan fingerprint density at radius 3 is 2.77 bits per heavy atom. The first-order valence-electron chi connectivity index (χ1n) is 7.29. The summed E-state index contributed by atoms with van der Waals surface area (Å²) in [5.74, 6) is 1.27. The molecule has 0 unspecified atom stereocenters. The van der Waals surface area contributed by atoms with Crippen LogP contribution in [0, 0.1) is 5.92 Å². The van der Waals surface area contributed by atoms with Crippen molar-refractivity contribution in [2.24, 2.45) is 11.7 Å². The molecule has 1 saturated carbocycles. The van der Waals surface area contributed by atoms with Gasteiger partial charge >= 0.3 is 0 Å². The van der Waals surface area contributed by atoms with Crippen LogP contribution in [0.25, 0.3) is 10.6 Å². The number of methoxy groups -OCH3 is 1. The van der Waals surface area contributed by atoms with Crippen LogP contribution in [0.5, 0.6) is 5.75 Å². The van der Waals surface area contributed by atoms with Gasteiger partial charge in [0.05, 0.1) is 13.3 Å². The van der Waals surface area contributed by atoms with Gasteiger partial charge in [0, 0.05) is 18.2 Å². The molecule has 1 aliphatic rings. The molecule has 116 valence electrons. The van der Waals surface area contributed by atoms with Crippen LogP contribution < -0.4 is 15.8 Å². The van der Waals surface area contributed by atoms with Crippen LogP contribution in [0.15, 0.2) is 30.5 Å². The van der Waals surface area contributed by atoms with Crippen molar-refractivity contribution in [3.63, 3.8) is 0 Å². The van der Waals surface area contributed by atoms with E-state index < -0.39 is 0 Å². The average Bonchev–Trinajstić information content (AvgIpc) is 3.00. The molecule has 1 heterocycles. The monoisotopic (exact) mass is 317 g/mol. The average molecular weight is 317 g/mol. The summed E-state index contributed by atoms with van der Waals surface area (Å²) in [7, 11) is 1.63. The normalized spacial score (nSPS) is 20.3. The maximum absolute atomic E-state index is 12.1. The van der Waals surface area contributed by atoms with Crippen LogP contribution in [0.1, 0.15) is 22.5 Å². The van der Waals surface area contributed by atoms with Crippen LogP contribution >= 0.6 is 11.3 Å². The number of aromatic nitrogens is 1. The number of carbonyl (C=O) groups is 1. The molecule has 0 spiro atoms. The number of rotatable bonds is 5. The number of benzene rings is 1. The summed E-state index contributed by atoms with van der Waals surface area (Å²) in [6.07, 6.45) is 3.63. The van der Waals surface area contributed by atoms with Gasteiger partial charge in [0.2, 0.25) is 0 Å². The molecule has 1 aromatic carbocycles. The van der Waals surface area contributed by atoms with Gasteiger partial charge in [-0.2, -0.15) is 0 Å². The van der Waals surface area contributed by atoms with E-state index in [0.29, 0.717) is 23.4 Å². The molecule has 2 aromatic rings. The van der Waals surface area contributed by atoms with Gasteiger partial charge in [-0.25, -0.2) is 4.98 Å². The van der Waals surface area contributed by atoms with Gasteiger partial charge in [-0.15, -0.1) is 11.3 Å². The van der Waals surface area contributed by atoms with E-state index in [9.17, 15) is 4.79 Å². The SMILES string of the molecule is COc1ccc(-c2ncc(C(=O)NCC3CC(N)C3)s2)cc1. The van der Waals surface area contributed by atoms with Gasteiger partial charge in [-0.05, 0) is 43.0 Å². The van der Waals surface area contributed by atoms with Crippen LogP contribution in [0.3, 0.4) is 0 Å². The van der Waals surface area contributed by atoms with Crippen LogP contribution in [0.2, 0.25) is 0 Å². The van der Waals surface area contributed by atoms with Crippen molar-refractivity contribution >= 4 is 17.2 Å². The maximum atomic E-state index is 12.1. The highest BCUT2D eigenvalue weighted by Crippen LogP contribution is 2.27. The molecule has 1 fully saturated rings. The third-order valence-electron chi connectivity index (χ3n) is 3.89. The molecule has 0 atom stereocenters. The fourth-order valence-corrected chi connectivity index (χ4v) is 3.36. The fraction of sp³-hybridized carbons (Fsp3) is 0.375. The minimum Gasteiger partial charge on any atom is -0.497 e. The van der Waals surface area contributed by atoms with Crippen molar-refractivity contribution in [3.05, 3.63) is 35.3 Å². The number of ether oxygens (including phenoxy) is 1. The first-order chi connectivity index (χ1) is 10.7. The second-order valence-electron chi connectivity index (χ2n) is 5.57. The lowest BCUT2D eigenvalue weighted by Crippen LogP contribution is -2.42. The molecule has 0 aliphatic heterocycles. The number of hydrogen-bond acceptors (Lipinski definition) is 5. The van der Waals surface area contributed by atoms with E-state index in [1.807, 2.05) is 24.3 Å². The van der Waals surface area contributed by atoms with Crippen molar-refractivity contribution in [3.8, 4) is 16.3 Å². The lowest BCUT2D eigenvalue weighted by molar-refractivity contribution is 0.0939. The molecule has 6 heteroatoms. The largest absolute Gasteiger partial charge is 0.497 e. The molecule has 1 aliphatic carbocycles. The molecule has 5 nitrogen and oxygen atoms in total. The Balaban J connectivity index is 1.61. The molecule has 0 saturated heterocycles. The van der Waals surface area contributed by atoms with E-state index in [1.54, 1.807) is 13.3 Å². The number of nitrogens with two attached hydrogens (primary N) is 1. The summed E-state index contributed by atoms with van der Waals surface area (Å²) >= 11 is 1.40. The van der Waals surface area contributed by atoms with Gasteiger partial charge in [0.25, 0.3) is 5.91 Å². The number of hydrogen-bond donors (Lipinski definition) is 2. The Bertz CT molecular complexity index is 648. The predicted octanol–water partition coefficient (Wildman–Crippen LogP) is 2.29. The predicted molar refractivity (Wildman–Crippen MR) is 87.1 cm³/mol. The number of nitrogens with one attached hydrogen (secondary N) is 1. The highest BCUT2D eigenvalue weighted by Gasteiger charge is 2.26. The van der Waals surface area contributed by atoms with Crippen LogP contribution in [0.4, 0.5) is 0 Å². The minimum absolute atomic E-state index is 0.0577. The number of carbonyl (C=O) groups excluding carboxylic acids is 1. The van der Waals surface area contributed by atoms with Gasteiger partial charge < -0.3 is 15.8 Å². The third kappa shape index (κ3) is 3.28. The zero-order valence-electron chi connectivity index (χ0n) is 12.4. The quantitative estimate of drug-likeness (QED) is 0.887. The Kier molecular flexibility index (Phi) is 4.40. The highest BCUT2D eigenvalue weighted by molar-refractivity contribution is 7.16. The molecule has 0 radical (unpaired) electrons. The number of nitrogens with zero attached hydrogens (tertiary/aromatic N) is 1. The van der Waals surface area contributed by atoms with Gasteiger partial charge in [0.15, 0.2) is 0 Å². The minimum atomic E-state index is -0.0577. The fourth-order valence-electron chi connectivity index (χ4n) is 2.52. The van der Waals surface area contributed by atoms with E-state index in [4.69, 9.17) is 10.5 Å². The molecule has 1 amide bonds. The molecule has 3 rings (SSSR count). The summed E-state index contributed by atoms with van der Waals surface area (Å²) in [4.78, 5) is 17.1. The van der Waals surface area contributed by atoms with Crippen LogP contribution in [-0.4, -0.2) is 30.6 Å². The Labute approximate surface area is 133 Å². The van der Waals surface area contributed by atoms with Crippen molar-refractivity contribution in [1.82, 2.24) is 10.3 Å². The van der Waals surface area contributed by atoms with Gasteiger partial charge in [-0.1, -0.05) is 0 Å². The standard InChI is InChI=1S/C16H19N3O2S/c1-21-13-4-2-11(3-5-13)16-19-9-14(22-16)15(20)18-8-10-6-12(17)7-10/h2-5,9-10,12H,6-8,17H2,1H3,(H,18,20). The first kappa shape index (κ1) is 15.0. The number of thiazole rings is 1. The summed E-state index contributed by atoms with van der Waals surface area (Å²) in [5.41, 5.74) is 6.73. The maximum Gasteiger partial charge on any atom is 0.263 e. The first-order valence-corrected chi connectivity index (χ1v) is 8.11. The van der Waals surface area contributed by atoms with Gasteiger partial charge in [0.1, 0.15) is 15.6 Å². The summed E-state index contributed by atoms with van der Waals surface area (Å²) < 4.78 is 5.14. The molecule has 1 aromatic heterocycles. The summed E-state index contributed by atoms with van der Waals surface area (Å²) in [5, 5.41) is 3.79. The smallest absolute Gasteiger partial charge is 0.263 e. The zero-order chi connectivity index (χ0) is 15.5.